The number of fused-ring (bicyclic) bond motifs is 4. The summed E-state index contributed by atoms with van der Waals surface area (Å²) in [6, 6.07) is 14.7. The Labute approximate surface area is 168 Å². The molecule has 2 unspecified atom stereocenters. The topological polar surface area (TPSA) is 23.6 Å². The number of hydrogen-bond acceptors (Lipinski definition) is 3. The third-order valence-corrected chi connectivity index (χ3v) is 7.56. The number of amides is 1. The number of halogens is 1. The molecule has 2 aliphatic heterocycles. The Hall–Kier alpha value is -1.88. The molecular formula is C22H21ClN2OS. The lowest BCUT2D eigenvalue weighted by Gasteiger charge is -2.36. The van der Waals surface area contributed by atoms with Crippen molar-refractivity contribution in [3.63, 3.8) is 0 Å². The lowest BCUT2D eigenvalue weighted by Crippen LogP contribution is -2.47. The number of likely N-dealkylation sites (tertiary alicyclic amines) is 1. The van der Waals surface area contributed by atoms with Gasteiger partial charge in [0.1, 0.15) is 4.88 Å². The Kier molecular flexibility index (Phi) is 4.04. The number of likely N-dealkylation sites (N-methyl/N-ethyl adjacent to an activating group) is 1. The Bertz CT molecular complexity index is 1060. The van der Waals surface area contributed by atoms with Crippen LogP contribution < -0.4 is 4.90 Å². The third-order valence-electron chi connectivity index (χ3n) is 5.90. The summed E-state index contributed by atoms with van der Waals surface area (Å²) in [4.78, 5) is 18.7. The third kappa shape index (κ3) is 2.62. The van der Waals surface area contributed by atoms with Gasteiger partial charge >= 0.3 is 0 Å². The van der Waals surface area contributed by atoms with Crippen molar-refractivity contribution < 1.29 is 4.79 Å². The summed E-state index contributed by atoms with van der Waals surface area (Å²) in [6.45, 7) is 4.12. The van der Waals surface area contributed by atoms with Crippen LogP contribution in [0.3, 0.4) is 0 Å². The molecule has 1 aromatic heterocycles. The van der Waals surface area contributed by atoms with Gasteiger partial charge in [-0.1, -0.05) is 47.5 Å². The van der Waals surface area contributed by atoms with Gasteiger partial charge in [0.05, 0.1) is 5.02 Å². The van der Waals surface area contributed by atoms with Gasteiger partial charge in [0, 0.05) is 34.3 Å². The number of nitrogens with zero attached hydrogens (tertiary/aromatic N) is 2. The minimum atomic E-state index is 0.0448. The first-order valence-corrected chi connectivity index (χ1v) is 10.5. The number of anilines is 1. The van der Waals surface area contributed by atoms with Crippen LogP contribution in [0.5, 0.6) is 0 Å². The highest BCUT2D eigenvalue weighted by molar-refractivity contribution is 7.21. The van der Waals surface area contributed by atoms with Crippen LogP contribution in [0.25, 0.3) is 10.1 Å². The molecule has 27 heavy (non-hydrogen) atoms. The van der Waals surface area contributed by atoms with Gasteiger partial charge in [-0.2, -0.15) is 0 Å². The Morgan fingerprint density at radius 2 is 2.04 bits per heavy atom. The summed E-state index contributed by atoms with van der Waals surface area (Å²) in [7, 11) is 2.17. The van der Waals surface area contributed by atoms with E-state index in [9.17, 15) is 4.79 Å². The molecule has 1 fully saturated rings. The maximum Gasteiger partial charge on any atom is 0.270 e. The summed E-state index contributed by atoms with van der Waals surface area (Å²) in [5.41, 5.74) is 3.61. The number of aryl methyl sites for hydroxylation is 1. The molecule has 2 aliphatic rings. The first kappa shape index (κ1) is 17.2. The lowest BCUT2D eigenvalue weighted by molar-refractivity contribution is 0.0969. The molecule has 3 nitrogen and oxygen atoms in total. The van der Waals surface area contributed by atoms with Gasteiger partial charge < -0.3 is 9.80 Å². The molecule has 3 heterocycles. The Balaban J connectivity index is 1.63. The molecule has 2 aromatic carbocycles. The fourth-order valence-electron chi connectivity index (χ4n) is 4.61. The van der Waals surface area contributed by atoms with E-state index in [-0.39, 0.29) is 11.9 Å². The number of benzene rings is 2. The highest BCUT2D eigenvalue weighted by atomic mass is 35.5. The van der Waals surface area contributed by atoms with Crippen LogP contribution in [0.1, 0.15) is 33.1 Å². The van der Waals surface area contributed by atoms with Gasteiger partial charge in [0.15, 0.2) is 0 Å². The van der Waals surface area contributed by atoms with Gasteiger partial charge in [0.25, 0.3) is 5.91 Å². The second-order valence-electron chi connectivity index (χ2n) is 7.70. The number of hydrogen-bond donors (Lipinski definition) is 0. The standard InChI is InChI=1S/C22H21ClN2OS/c1-13-7-8-17-15(11-13)16-12-24(2)10-9-18(16)25(17)22(26)21-20(23)14-5-3-4-6-19(14)27-21/h3-8,11,16,18H,9-10,12H2,1-2H3. The molecule has 138 valence electrons. The SMILES string of the molecule is Cc1ccc2c(c1)C1CN(C)CCC1N2C(=O)c1sc2ccccc2c1Cl. The first-order chi connectivity index (χ1) is 13.0. The van der Waals surface area contributed by atoms with Crippen molar-refractivity contribution in [2.45, 2.75) is 25.3 Å². The zero-order valence-electron chi connectivity index (χ0n) is 15.4. The maximum atomic E-state index is 13.7. The monoisotopic (exact) mass is 396 g/mol. The van der Waals surface area contributed by atoms with Gasteiger partial charge in [-0.05, 0) is 44.6 Å². The minimum absolute atomic E-state index is 0.0448. The second kappa shape index (κ2) is 6.33. The van der Waals surface area contributed by atoms with E-state index in [1.165, 1.54) is 22.5 Å². The van der Waals surface area contributed by atoms with Crippen LogP contribution in [-0.2, 0) is 0 Å². The first-order valence-electron chi connectivity index (χ1n) is 9.34. The van der Waals surface area contributed by atoms with E-state index in [1.807, 2.05) is 29.2 Å². The van der Waals surface area contributed by atoms with E-state index >= 15 is 0 Å². The van der Waals surface area contributed by atoms with Crippen molar-refractivity contribution in [3.8, 4) is 0 Å². The second-order valence-corrected chi connectivity index (χ2v) is 9.13. The summed E-state index contributed by atoms with van der Waals surface area (Å²) in [6.07, 6.45) is 0.989. The van der Waals surface area contributed by atoms with Crippen LogP contribution in [0, 0.1) is 6.92 Å². The van der Waals surface area contributed by atoms with E-state index in [4.69, 9.17) is 11.6 Å². The molecule has 1 saturated heterocycles. The van der Waals surface area contributed by atoms with Crippen LogP contribution in [0.4, 0.5) is 5.69 Å². The quantitative estimate of drug-likeness (QED) is 0.556. The molecule has 5 rings (SSSR count). The van der Waals surface area contributed by atoms with Crippen LogP contribution in [0.2, 0.25) is 5.02 Å². The number of carbonyl (C=O) groups is 1. The van der Waals surface area contributed by atoms with Gasteiger partial charge in [-0.15, -0.1) is 11.3 Å². The van der Waals surface area contributed by atoms with Crippen molar-refractivity contribution in [1.82, 2.24) is 4.90 Å². The van der Waals surface area contributed by atoms with Gasteiger partial charge in [0.2, 0.25) is 0 Å². The highest BCUT2D eigenvalue weighted by Crippen LogP contribution is 2.47. The van der Waals surface area contributed by atoms with E-state index in [1.54, 1.807) is 0 Å². The number of carbonyl (C=O) groups excluding carboxylic acids is 1. The van der Waals surface area contributed by atoms with Crippen molar-refractivity contribution >= 4 is 44.6 Å². The fourth-order valence-corrected chi connectivity index (χ4v) is 6.06. The van der Waals surface area contributed by atoms with Crippen LogP contribution in [0.15, 0.2) is 42.5 Å². The predicted molar refractivity (Wildman–Crippen MR) is 113 cm³/mol. The molecular weight excluding hydrogens is 376 g/mol. The van der Waals surface area contributed by atoms with E-state index < -0.39 is 0 Å². The van der Waals surface area contributed by atoms with Crippen LogP contribution in [-0.4, -0.2) is 37.0 Å². The zero-order chi connectivity index (χ0) is 18.7. The Morgan fingerprint density at radius 3 is 2.85 bits per heavy atom. The van der Waals surface area contributed by atoms with E-state index in [0.717, 1.165) is 35.3 Å². The van der Waals surface area contributed by atoms with Crippen LogP contribution >= 0.6 is 22.9 Å². The van der Waals surface area contributed by atoms with Crippen molar-refractivity contribution in [3.05, 3.63) is 63.5 Å². The molecule has 2 atom stereocenters. The van der Waals surface area contributed by atoms with Gasteiger partial charge in [-0.25, -0.2) is 0 Å². The summed E-state index contributed by atoms with van der Waals surface area (Å²) >= 11 is 8.14. The Morgan fingerprint density at radius 1 is 1.22 bits per heavy atom. The molecule has 0 bridgehead atoms. The average molecular weight is 397 g/mol. The molecule has 0 aliphatic carbocycles. The zero-order valence-corrected chi connectivity index (χ0v) is 17.0. The molecule has 0 N–H and O–H groups in total. The number of rotatable bonds is 1. The number of piperidine rings is 1. The van der Waals surface area contributed by atoms with E-state index in [0.29, 0.717) is 15.8 Å². The maximum absolute atomic E-state index is 13.7. The molecule has 0 saturated carbocycles. The average Bonchev–Trinajstić information content (AvgIpc) is 3.16. The van der Waals surface area contributed by atoms with Crippen molar-refractivity contribution in [1.29, 1.82) is 0 Å². The predicted octanol–water partition coefficient (Wildman–Crippen LogP) is 5.31. The van der Waals surface area contributed by atoms with E-state index in [2.05, 4.69) is 37.1 Å². The number of thiophene rings is 1. The molecule has 5 heteroatoms. The van der Waals surface area contributed by atoms with Gasteiger partial charge in [-0.3, -0.25) is 4.79 Å². The fraction of sp³-hybridized carbons (Fsp3) is 0.318. The van der Waals surface area contributed by atoms with Crippen molar-refractivity contribution in [2.24, 2.45) is 0 Å². The summed E-state index contributed by atoms with van der Waals surface area (Å²) in [5, 5.41) is 1.56. The molecule has 0 radical (unpaired) electrons. The summed E-state index contributed by atoms with van der Waals surface area (Å²) in [5.74, 6) is 0.416. The minimum Gasteiger partial charge on any atom is -0.306 e. The smallest absolute Gasteiger partial charge is 0.270 e. The summed E-state index contributed by atoms with van der Waals surface area (Å²) < 4.78 is 1.06. The molecule has 1 amide bonds. The highest BCUT2D eigenvalue weighted by Gasteiger charge is 2.44. The normalized spacial score (nSPS) is 22.1. The lowest BCUT2D eigenvalue weighted by atomic mass is 9.89. The van der Waals surface area contributed by atoms with Crippen molar-refractivity contribution in [2.75, 3.05) is 25.0 Å². The largest absolute Gasteiger partial charge is 0.306 e. The molecule has 3 aromatic rings. The molecule has 0 spiro atoms.